The average molecular weight is 270 g/mol. The second kappa shape index (κ2) is 8.23. The molecule has 1 unspecified atom stereocenters. The fraction of sp³-hybridized carbons (Fsp3) is 1.00. The lowest BCUT2D eigenvalue weighted by atomic mass is 9.75. The summed E-state index contributed by atoms with van der Waals surface area (Å²) in [5.74, 6) is 0. The number of methoxy groups -OCH3 is 1. The summed E-state index contributed by atoms with van der Waals surface area (Å²) in [7, 11) is 4.06. The molecule has 1 rings (SSSR count). The van der Waals surface area contributed by atoms with Crippen LogP contribution in [-0.4, -0.2) is 50.8 Å². The molecule has 0 bridgehead atoms. The maximum absolute atomic E-state index is 5.06. The van der Waals surface area contributed by atoms with Gasteiger partial charge >= 0.3 is 0 Å². The highest BCUT2D eigenvalue weighted by Gasteiger charge is 2.30. The molecule has 0 radical (unpaired) electrons. The van der Waals surface area contributed by atoms with Gasteiger partial charge in [0, 0.05) is 32.3 Å². The van der Waals surface area contributed by atoms with E-state index in [4.69, 9.17) is 4.74 Å². The van der Waals surface area contributed by atoms with E-state index >= 15 is 0 Å². The first kappa shape index (κ1) is 16.9. The van der Waals surface area contributed by atoms with Gasteiger partial charge in [-0.15, -0.1) is 0 Å². The first-order chi connectivity index (χ1) is 8.96. The summed E-state index contributed by atoms with van der Waals surface area (Å²) in [6.07, 6.45) is 6.56. The van der Waals surface area contributed by atoms with Crippen LogP contribution in [0.2, 0.25) is 0 Å². The van der Waals surface area contributed by atoms with Gasteiger partial charge in [-0.2, -0.15) is 0 Å². The number of hydrogen-bond donors (Lipinski definition) is 1. The van der Waals surface area contributed by atoms with Gasteiger partial charge in [0.15, 0.2) is 0 Å². The highest BCUT2D eigenvalue weighted by atomic mass is 16.5. The summed E-state index contributed by atoms with van der Waals surface area (Å²) in [6.45, 7) is 10.1. The first-order valence-corrected chi connectivity index (χ1v) is 7.88. The second-order valence-electron chi connectivity index (χ2n) is 6.96. The van der Waals surface area contributed by atoms with E-state index in [1.54, 1.807) is 7.11 Å². The minimum atomic E-state index is 0.568. The van der Waals surface area contributed by atoms with Gasteiger partial charge in [-0.05, 0) is 58.0 Å². The van der Waals surface area contributed by atoms with E-state index in [0.29, 0.717) is 11.5 Å². The van der Waals surface area contributed by atoms with Crippen LogP contribution in [0.3, 0.4) is 0 Å². The van der Waals surface area contributed by atoms with Gasteiger partial charge in [-0.25, -0.2) is 0 Å². The van der Waals surface area contributed by atoms with Gasteiger partial charge in [0.2, 0.25) is 0 Å². The second-order valence-corrected chi connectivity index (χ2v) is 6.96. The molecule has 1 aliphatic carbocycles. The normalized spacial score (nSPS) is 21.8. The number of likely N-dealkylation sites (N-methyl/N-ethyl adjacent to an activating group) is 1. The molecule has 0 heterocycles. The third-order valence-electron chi connectivity index (χ3n) is 4.72. The van der Waals surface area contributed by atoms with E-state index in [2.05, 4.69) is 38.0 Å². The lowest BCUT2D eigenvalue weighted by molar-refractivity contribution is 0.0993. The van der Waals surface area contributed by atoms with Crippen LogP contribution in [-0.2, 0) is 4.74 Å². The maximum Gasteiger partial charge on any atom is 0.0474 e. The Labute approximate surface area is 120 Å². The van der Waals surface area contributed by atoms with Crippen molar-refractivity contribution in [3.05, 3.63) is 0 Å². The van der Waals surface area contributed by atoms with Crippen molar-refractivity contribution in [2.45, 2.75) is 65.0 Å². The largest absolute Gasteiger partial charge is 0.385 e. The van der Waals surface area contributed by atoms with E-state index < -0.39 is 0 Å². The molecule has 114 valence electrons. The molecule has 3 nitrogen and oxygen atoms in total. The zero-order chi connectivity index (χ0) is 14.3. The van der Waals surface area contributed by atoms with Crippen molar-refractivity contribution in [3.8, 4) is 0 Å². The maximum atomic E-state index is 5.06. The topological polar surface area (TPSA) is 24.5 Å². The monoisotopic (exact) mass is 270 g/mol. The summed E-state index contributed by atoms with van der Waals surface area (Å²) in [5, 5.41) is 3.53. The van der Waals surface area contributed by atoms with Crippen molar-refractivity contribution in [3.63, 3.8) is 0 Å². The fourth-order valence-electron chi connectivity index (χ4n) is 2.95. The molecule has 0 saturated heterocycles. The average Bonchev–Trinajstić information content (AvgIpc) is 2.37. The zero-order valence-electron chi connectivity index (χ0n) is 13.7. The SMILES string of the molecule is COCCCNCC(C)N(C)C1CCC(C)(C)CC1. The van der Waals surface area contributed by atoms with Crippen molar-refractivity contribution in [1.29, 1.82) is 0 Å². The third-order valence-corrected chi connectivity index (χ3v) is 4.72. The highest BCUT2D eigenvalue weighted by molar-refractivity contribution is 4.84. The number of rotatable bonds is 8. The molecule has 1 saturated carbocycles. The third kappa shape index (κ3) is 6.24. The summed E-state index contributed by atoms with van der Waals surface area (Å²) in [5.41, 5.74) is 0.568. The molecule has 1 aliphatic rings. The van der Waals surface area contributed by atoms with Crippen molar-refractivity contribution in [2.75, 3.05) is 33.9 Å². The first-order valence-electron chi connectivity index (χ1n) is 7.88. The molecule has 0 aliphatic heterocycles. The predicted octanol–water partition coefficient (Wildman–Crippen LogP) is 2.90. The van der Waals surface area contributed by atoms with Crippen LogP contribution in [0.4, 0.5) is 0 Å². The number of nitrogens with zero attached hydrogens (tertiary/aromatic N) is 1. The van der Waals surface area contributed by atoms with Gasteiger partial charge in [0.05, 0.1) is 0 Å². The van der Waals surface area contributed by atoms with Gasteiger partial charge < -0.3 is 10.1 Å². The minimum Gasteiger partial charge on any atom is -0.385 e. The van der Waals surface area contributed by atoms with Crippen LogP contribution in [0, 0.1) is 5.41 Å². The van der Waals surface area contributed by atoms with Crippen LogP contribution >= 0.6 is 0 Å². The lowest BCUT2D eigenvalue weighted by Gasteiger charge is -2.41. The van der Waals surface area contributed by atoms with Crippen LogP contribution in [0.1, 0.15) is 52.9 Å². The molecule has 0 spiro atoms. The van der Waals surface area contributed by atoms with E-state index in [1.165, 1.54) is 25.7 Å². The Morgan fingerprint density at radius 3 is 2.53 bits per heavy atom. The van der Waals surface area contributed by atoms with Crippen molar-refractivity contribution in [1.82, 2.24) is 10.2 Å². The summed E-state index contributed by atoms with van der Waals surface area (Å²) < 4.78 is 5.06. The van der Waals surface area contributed by atoms with E-state index in [0.717, 1.165) is 32.2 Å². The van der Waals surface area contributed by atoms with Gasteiger partial charge in [0.25, 0.3) is 0 Å². The predicted molar refractivity (Wildman–Crippen MR) is 82.6 cm³/mol. The van der Waals surface area contributed by atoms with Crippen LogP contribution in [0.25, 0.3) is 0 Å². The van der Waals surface area contributed by atoms with E-state index in [-0.39, 0.29) is 0 Å². The van der Waals surface area contributed by atoms with Crippen LogP contribution in [0.15, 0.2) is 0 Å². The lowest BCUT2D eigenvalue weighted by Crippen LogP contribution is -2.46. The quantitative estimate of drug-likeness (QED) is 0.686. The molecule has 1 atom stereocenters. The van der Waals surface area contributed by atoms with Crippen LogP contribution < -0.4 is 5.32 Å². The number of ether oxygens (including phenoxy) is 1. The van der Waals surface area contributed by atoms with Crippen molar-refractivity contribution < 1.29 is 4.74 Å². The Hall–Kier alpha value is -0.120. The molecule has 3 heteroatoms. The van der Waals surface area contributed by atoms with E-state index in [9.17, 15) is 0 Å². The molecule has 1 N–H and O–H groups in total. The molecule has 0 aromatic rings. The Morgan fingerprint density at radius 1 is 1.32 bits per heavy atom. The fourth-order valence-corrected chi connectivity index (χ4v) is 2.95. The molecule has 0 aromatic carbocycles. The van der Waals surface area contributed by atoms with Crippen LogP contribution in [0.5, 0.6) is 0 Å². The molecule has 0 amide bonds. The summed E-state index contributed by atoms with van der Waals surface area (Å²) >= 11 is 0. The number of nitrogens with one attached hydrogen (secondary N) is 1. The summed E-state index contributed by atoms with van der Waals surface area (Å²) in [6, 6.07) is 1.40. The molecule has 0 aromatic heterocycles. The van der Waals surface area contributed by atoms with Gasteiger partial charge in [-0.1, -0.05) is 13.8 Å². The van der Waals surface area contributed by atoms with Crippen molar-refractivity contribution >= 4 is 0 Å². The molecular weight excluding hydrogens is 236 g/mol. The Kier molecular flexibility index (Phi) is 7.33. The standard InChI is InChI=1S/C16H34N2O/c1-14(13-17-11-6-12-19-5)18(4)15-7-9-16(2,3)10-8-15/h14-15,17H,6-13H2,1-5H3. The highest BCUT2D eigenvalue weighted by Crippen LogP contribution is 2.36. The Balaban J connectivity index is 2.19. The zero-order valence-corrected chi connectivity index (χ0v) is 13.7. The van der Waals surface area contributed by atoms with E-state index in [1.807, 2.05) is 0 Å². The van der Waals surface area contributed by atoms with Gasteiger partial charge in [0.1, 0.15) is 0 Å². The Bertz CT molecular complexity index is 233. The molecule has 1 fully saturated rings. The smallest absolute Gasteiger partial charge is 0.0474 e. The van der Waals surface area contributed by atoms with Gasteiger partial charge in [-0.3, -0.25) is 4.90 Å². The Morgan fingerprint density at radius 2 is 1.95 bits per heavy atom. The number of hydrogen-bond acceptors (Lipinski definition) is 3. The van der Waals surface area contributed by atoms with Crippen molar-refractivity contribution in [2.24, 2.45) is 5.41 Å². The summed E-state index contributed by atoms with van der Waals surface area (Å²) in [4.78, 5) is 2.58. The minimum absolute atomic E-state index is 0.568. The molecule has 19 heavy (non-hydrogen) atoms. The molecular formula is C16H34N2O.